The fraction of sp³-hybridized carbons (Fsp3) is 0.526. The van der Waals surface area contributed by atoms with Crippen molar-refractivity contribution in [2.45, 2.75) is 58.4 Å². The number of hydrogen-bond acceptors (Lipinski definition) is 6. The summed E-state index contributed by atoms with van der Waals surface area (Å²) < 4.78 is 1.05. The second-order valence-electron chi connectivity index (χ2n) is 7.08. The lowest BCUT2D eigenvalue weighted by Gasteiger charge is -2.14. The van der Waals surface area contributed by atoms with Crippen LogP contribution in [0.1, 0.15) is 56.4 Å². The Kier molecular flexibility index (Phi) is 4.33. The van der Waals surface area contributed by atoms with Crippen LogP contribution in [0.3, 0.4) is 0 Å². The zero-order valence-electron chi connectivity index (χ0n) is 15.0. The number of aromatic nitrogens is 3. The number of thiophene rings is 1. The van der Waals surface area contributed by atoms with Crippen LogP contribution < -0.4 is 5.32 Å². The summed E-state index contributed by atoms with van der Waals surface area (Å²) in [6.07, 6.45) is 5.91. The molecule has 1 unspecified atom stereocenters. The summed E-state index contributed by atoms with van der Waals surface area (Å²) in [4.78, 5) is 15.1. The normalized spacial score (nSPS) is 15.2. The third-order valence-electron chi connectivity index (χ3n) is 5.10. The predicted molar refractivity (Wildman–Crippen MR) is 104 cm³/mol. The molecule has 0 aromatic carbocycles. The van der Waals surface area contributed by atoms with Gasteiger partial charge in [-0.25, -0.2) is 15.0 Å². The molecule has 0 radical (unpaired) electrons. The molecule has 1 atom stereocenters. The van der Waals surface area contributed by atoms with Gasteiger partial charge in [-0.1, -0.05) is 20.8 Å². The molecule has 0 bridgehead atoms. The van der Waals surface area contributed by atoms with E-state index in [1.165, 1.54) is 28.6 Å². The maximum atomic E-state index is 9.51. The molecule has 0 fully saturated rings. The van der Waals surface area contributed by atoms with Gasteiger partial charge in [0.2, 0.25) is 0 Å². The third kappa shape index (κ3) is 2.68. The minimum absolute atomic E-state index is 0.00760. The molecule has 6 heteroatoms. The number of anilines is 1. The summed E-state index contributed by atoms with van der Waals surface area (Å²) in [7, 11) is 0. The Morgan fingerprint density at radius 3 is 2.76 bits per heavy atom. The van der Waals surface area contributed by atoms with Crippen LogP contribution in [0.15, 0.2) is 6.33 Å². The molecule has 0 amide bonds. The molecular formula is C19H24N4OS. The second kappa shape index (κ2) is 6.50. The first kappa shape index (κ1) is 16.7. The van der Waals surface area contributed by atoms with E-state index in [1.807, 2.05) is 0 Å². The predicted octanol–water partition coefficient (Wildman–Crippen LogP) is 4.03. The van der Waals surface area contributed by atoms with E-state index in [4.69, 9.17) is 4.98 Å². The van der Waals surface area contributed by atoms with E-state index in [-0.39, 0.29) is 12.6 Å². The molecule has 4 rings (SSSR count). The standard InChI is InChI=1S/C19H24N4OS/c1-4-11(8-24)22-18-17-16(20-9-21-18)14-12-6-5-7-13(12)15(10(2)3)23-19(14)25-17/h9-11,24H,4-8H2,1-3H3,(H,20,21,22). The molecule has 3 heterocycles. The average molecular weight is 356 g/mol. The fourth-order valence-corrected chi connectivity index (χ4v) is 4.90. The first-order chi connectivity index (χ1) is 12.1. The van der Waals surface area contributed by atoms with E-state index in [2.05, 4.69) is 36.1 Å². The number of aryl methyl sites for hydroxylation is 1. The van der Waals surface area contributed by atoms with Gasteiger partial charge in [0, 0.05) is 11.1 Å². The zero-order chi connectivity index (χ0) is 17.6. The fourth-order valence-electron chi connectivity index (χ4n) is 3.78. The van der Waals surface area contributed by atoms with E-state index < -0.39 is 0 Å². The molecule has 1 aliphatic carbocycles. The van der Waals surface area contributed by atoms with Gasteiger partial charge in [-0.05, 0) is 42.7 Å². The van der Waals surface area contributed by atoms with Gasteiger partial charge in [0.05, 0.1) is 22.9 Å². The van der Waals surface area contributed by atoms with Crippen LogP contribution in [0.25, 0.3) is 20.4 Å². The molecule has 0 saturated heterocycles. The minimum atomic E-state index is 0.00760. The lowest BCUT2D eigenvalue weighted by atomic mass is 9.99. The number of hydrogen-bond donors (Lipinski definition) is 2. The molecule has 3 aromatic heterocycles. The van der Waals surface area contributed by atoms with E-state index in [0.717, 1.165) is 40.1 Å². The van der Waals surface area contributed by atoms with Crippen LogP contribution in [0.2, 0.25) is 0 Å². The maximum absolute atomic E-state index is 9.51. The lowest BCUT2D eigenvalue weighted by molar-refractivity contribution is 0.271. The molecule has 132 valence electrons. The van der Waals surface area contributed by atoms with Crippen LogP contribution >= 0.6 is 11.3 Å². The summed E-state index contributed by atoms with van der Waals surface area (Å²) in [5, 5.41) is 14.1. The highest BCUT2D eigenvalue weighted by atomic mass is 32.1. The van der Waals surface area contributed by atoms with Crippen molar-refractivity contribution in [3.8, 4) is 0 Å². The molecule has 5 nitrogen and oxygen atoms in total. The zero-order valence-corrected chi connectivity index (χ0v) is 15.8. The van der Waals surface area contributed by atoms with E-state index in [9.17, 15) is 5.11 Å². The molecule has 0 saturated carbocycles. The van der Waals surface area contributed by atoms with Crippen LogP contribution in [0.4, 0.5) is 5.82 Å². The van der Waals surface area contributed by atoms with Crippen molar-refractivity contribution >= 4 is 37.6 Å². The van der Waals surface area contributed by atoms with Gasteiger partial charge >= 0.3 is 0 Å². The number of pyridine rings is 1. The molecule has 2 N–H and O–H groups in total. The summed E-state index contributed by atoms with van der Waals surface area (Å²) >= 11 is 1.67. The van der Waals surface area contributed by atoms with Crippen molar-refractivity contribution in [1.82, 2.24) is 15.0 Å². The number of rotatable bonds is 5. The Balaban J connectivity index is 1.96. The molecule has 25 heavy (non-hydrogen) atoms. The van der Waals surface area contributed by atoms with Crippen molar-refractivity contribution in [3.05, 3.63) is 23.1 Å². The SMILES string of the molecule is CCC(CO)Nc1ncnc2c1sc1nc(C(C)C)c3c(c12)CCC3. The molecule has 0 aliphatic heterocycles. The molecule has 1 aliphatic rings. The van der Waals surface area contributed by atoms with Gasteiger partial charge in [0.15, 0.2) is 0 Å². The summed E-state index contributed by atoms with van der Waals surface area (Å²) in [5.74, 6) is 1.25. The summed E-state index contributed by atoms with van der Waals surface area (Å²) in [6, 6.07) is 0.00760. The topological polar surface area (TPSA) is 70.9 Å². The number of aliphatic hydroxyl groups excluding tert-OH is 1. The van der Waals surface area contributed by atoms with Crippen molar-refractivity contribution < 1.29 is 5.11 Å². The Hall–Kier alpha value is -1.79. The van der Waals surface area contributed by atoms with Gasteiger partial charge in [0.1, 0.15) is 17.0 Å². The molecular weight excluding hydrogens is 332 g/mol. The van der Waals surface area contributed by atoms with Gasteiger partial charge in [-0.3, -0.25) is 0 Å². The monoisotopic (exact) mass is 356 g/mol. The van der Waals surface area contributed by atoms with Crippen LogP contribution in [-0.2, 0) is 12.8 Å². The van der Waals surface area contributed by atoms with E-state index in [0.29, 0.717) is 5.92 Å². The number of fused-ring (bicyclic) bond motifs is 5. The molecule has 0 spiro atoms. The summed E-state index contributed by atoms with van der Waals surface area (Å²) in [5.41, 5.74) is 5.14. The van der Waals surface area contributed by atoms with Gasteiger partial charge in [0.25, 0.3) is 0 Å². The van der Waals surface area contributed by atoms with Gasteiger partial charge in [-0.15, -0.1) is 11.3 Å². The average Bonchev–Trinajstić information content (AvgIpc) is 3.22. The smallest absolute Gasteiger partial charge is 0.147 e. The van der Waals surface area contributed by atoms with Crippen molar-refractivity contribution in [1.29, 1.82) is 0 Å². The van der Waals surface area contributed by atoms with Gasteiger partial charge in [-0.2, -0.15) is 0 Å². The highest BCUT2D eigenvalue weighted by Crippen LogP contribution is 2.42. The van der Waals surface area contributed by atoms with Crippen LogP contribution in [-0.4, -0.2) is 32.7 Å². The van der Waals surface area contributed by atoms with Crippen molar-refractivity contribution in [2.75, 3.05) is 11.9 Å². The quantitative estimate of drug-likeness (QED) is 0.722. The first-order valence-electron chi connectivity index (χ1n) is 9.10. The summed E-state index contributed by atoms with van der Waals surface area (Å²) in [6.45, 7) is 6.60. The third-order valence-corrected chi connectivity index (χ3v) is 6.18. The number of aliphatic hydroxyl groups is 1. The number of nitrogens with one attached hydrogen (secondary N) is 1. The van der Waals surface area contributed by atoms with E-state index in [1.54, 1.807) is 17.7 Å². The van der Waals surface area contributed by atoms with Crippen molar-refractivity contribution in [2.24, 2.45) is 0 Å². The largest absolute Gasteiger partial charge is 0.394 e. The maximum Gasteiger partial charge on any atom is 0.147 e. The van der Waals surface area contributed by atoms with Crippen LogP contribution in [0.5, 0.6) is 0 Å². The molecule has 3 aromatic rings. The second-order valence-corrected chi connectivity index (χ2v) is 8.08. The van der Waals surface area contributed by atoms with Crippen molar-refractivity contribution in [3.63, 3.8) is 0 Å². The Morgan fingerprint density at radius 2 is 2.04 bits per heavy atom. The lowest BCUT2D eigenvalue weighted by Crippen LogP contribution is -2.23. The van der Waals surface area contributed by atoms with E-state index >= 15 is 0 Å². The first-order valence-corrected chi connectivity index (χ1v) is 9.91. The Bertz CT molecular complexity index is 930. The Morgan fingerprint density at radius 1 is 1.24 bits per heavy atom. The Labute approximate surface area is 151 Å². The number of nitrogens with zero attached hydrogens (tertiary/aromatic N) is 3. The highest BCUT2D eigenvalue weighted by Gasteiger charge is 2.25. The van der Waals surface area contributed by atoms with Crippen LogP contribution in [0, 0.1) is 0 Å². The minimum Gasteiger partial charge on any atom is -0.394 e. The highest BCUT2D eigenvalue weighted by molar-refractivity contribution is 7.26. The van der Waals surface area contributed by atoms with Gasteiger partial charge < -0.3 is 10.4 Å².